The van der Waals surface area contributed by atoms with Gasteiger partial charge in [-0.3, -0.25) is 4.79 Å². The molecule has 7 heteroatoms. The van der Waals surface area contributed by atoms with Crippen LogP contribution in [0.4, 0.5) is 0 Å². The molecule has 1 aromatic rings. The van der Waals surface area contributed by atoms with E-state index in [1.807, 2.05) is 29.2 Å². The molecule has 0 atom stereocenters. The number of amides is 1. The minimum atomic E-state index is -3.45. The summed E-state index contributed by atoms with van der Waals surface area (Å²) in [6, 6.07) is 7.95. The van der Waals surface area contributed by atoms with E-state index in [4.69, 9.17) is 4.74 Å². The fraction of sp³-hybridized carbons (Fsp3) is 0.550. The summed E-state index contributed by atoms with van der Waals surface area (Å²) >= 11 is 0. The molecule has 0 radical (unpaired) electrons. The van der Waals surface area contributed by atoms with Crippen LogP contribution < -0.4 is 0 Å². The van der Waals surface area contributed by atoms with Gasteiger partial charge in [0.15, 0.2) is 0 Å². The quantitative estimate of drug-likeness (QED) is 0.790. The van der Waals surface area contributed by atoms with Gasteiger partial charge in [-0.2, -0.15) is 4.31 Å². The number of aryl methyl sites for hydroxylation is 1. The summed E-state index contributed by atoms with van der Waals surface area (Å²) in [6.45, 7) is 3.31. The lowest BCUT2D eigenvalue weighted by atomic mass is 9.96. The Morgan fingerprint density at radius 3 is 2.44 bits per heavy atom. The van der Waals surface area contributed by atoms with Crippen molar-refractivity contribution in [3.63, 3.8) is 0 Å². The van der Waals surface area contributed by atoms with E-state index < -0.39 is 10.0 Å². The molecule has 1 amide bonds. The van der Waals surface area contributed by atoms with Gasteiger partial charge in [-0.1, -0.05) is 24.3 Å². The van der Waals surface area contributed by atoms with Gasteiger partial charge in [0.2, 0.25) is 15.9 Å². The Balaban J connectivity index is 1.42. The molecule has 1 aliphatic carbocycles. The smallest absolute Gasteiger partial charge is 0.239 e. The van der Waals surface area contributed by atoms with Crippen LogP contribution >= 0.6 is 0 Å². The summed E-state index contributed by atoms with van der Waals surface area (Å²) in [5, 5.41) is 0. The first-order valence-electron chi connectivity index (χ1n) is 9.71. The summed E-state index contributed by atoms with van der Waals surface area (Å²) in [7, 11) is -3.45. The minimum absolute atomic E-state index is 0.0735. The Hall–Kier alpha value is -1.70. The van der Waals surface area contributed by atoms with Crippen molar-refractivity contribution in [2.75, 3.05) is 39.4 Å². The highest BCUT2D eigenvalue weighted by Crippen LogP contribution is 2.31. The van der Waals surface area contributed by atoms with Crippen LogP contribution in [0.15, 0.2) is 29.2 Å². The van der Waals surface area contributed by atoms with Crippen LogP contribution in [0.2, 0.25) is 0 Å². The van der Waals surface area contributed by atoms with Crippen molar-refractivity contribution in [1.82, 2.24) is 9.21 Å². The number of hydrogen-bond acceptors (Lipinski definition) is 4. The van der Waals surface area contributed by atoms with E-state index in [0.29, 0.717) is 63.6 Å². The van der Waals surface area contributed by atoms with Crippen molar-refractivity contribution in [2.24, 2.45) is 5.92 Å². The summed E-state index contributed by atoms with van der Waals surface area (Å²) in [5.74, 6) is 0.0803. The highest BCUT2D eigenvalue weighted by molar-refractivity contribution is 7.93. The summed E-state index contributed by atoms with van der Waals surface area (Å²) in [6.07, 6.45) is 4.32. The van der Waals surface area contributed by atoms with E-state index >= 15 is 0 Å². The van der Waals surface area contributed by atoms with Crippen LogP contribution in [0.25, 0.3) is 6.08 Å². The molecule has 2 fully saturated rings. The van der Waals surface area contributed by atoms with Crippen molar-refractivity contribution in [2.45, 2.75) is 25.7 Å². The first kappa shape index (κ1) is 18.7. The van der Waals surface area contributed by atoms with Gasteiger partial charge in [0.25, 0.3) is 0 Å². The number of morpholine rings is 1. The maximum atomic E-state index is 13.1. The highest BCUT2D eigenvalue weighted by Gasteiger charge is 2.35. The monoisotopic (exact) mass is 390 g/mol. The molecule has 0 aromatic heterocycles. The molecule has 146 valence electrons. The molecule has 0 N–H and O–H groups in total. The number of fused-ring (bicyclic) bond motifs is 1. The van der Waals surface area contributed by atoms with Gasteiger partial charge >= 0.3 is 0 Å². The first-order chi connectivity index (χ1) is 13.1. The number of carbonyl (C=O) groups excluding carboxylic acids is 1. The highest BCUT2D eigenvalue weighted by atomic mass is 32.2. The average Bonchev–Trinajstić information content (AvgIpc) is 2.73. The molecule has 2 saturated heterocycles. The van der Waals surface area contributed by atoms with Crippen LogP contribution in [-0.2, 0) is 26.0 Å². The van der Waals surface area contributed by atoms with E-state index in [1.165, 1.54) is 5.56 Å². The minimum Gasteiger partial charge on any atom is -0.378 e. The number of hydrogen-bond donors (Lipinski definition) is 0. The molecule has 0 spiro atoms. The summed E-state index contributed by atoms with van der Waals surface area (Å²) in [4.78, 5) is 15.0. The topological polar surface area (TPSA) is 66.9 Å². The zero-order valence-electron chi connectivity index (χ0n) is 15.5. The van der Waals surface area contributed by atoms with Crippen molar-refractivity contribution in [1.29, 1.82) is 0 Å². The van der Waals surface area contributed by atoms with Gasteiger partial charge < -0.3 is 9.64 Å². The number of nitrogens with zero attached hydrogens (tertiary/aromatic N) is 2. The number of ether oxygens (including phenoxy) is 1. The van der Waals surface area contributed by atoms with Crippen LogP contribution in [0.5, 0.6) is 0 Å². The average molecular weight is 391 g/mol. The van der Waals surface area contributed by atoms with Crippen LogP contribution in [0.3, 0.4) is 0 Å². The van der Waals surface area contributed by atoms with Gasteiger partial charge in [0.05, 0.1) is 18.1 Å². The van der Waals surface area contributed by atoms with Gasteiger partial charge in [-0.25, -0.2) is 8.42 Å². The van der Waals surface area contributed by atoms with Crippen molar-refractivity contribution < 1.29 is 17.9 Å². The van der Waals surface area contributed by atoms with Gasteiger partial charge in [0.1, 0.15) is 0 Å². The third-order valence-electron chi connectivity index (χ3n) is 5.81. The lowest BCUT2D eigenvalue weighted by Gasteiger charge is -2.35. The van der Waals surface area contributed by atoms with Crippen molar-refractivity contribution >= 4 is 22.0 Å². The van der Waals surface area contributed by atoms with Crippen LogP contribution in [0, 0.1) is 5.92 Å². The zero-order chi connectivity index (χ0) is 18.9. The Bertz CT molecular complexity index is 835. The Kier molecular flexibility index (Phi) is 5.34. The fourth-order valence-corrected chi connectivity index (χ4v) is 5.82. The third kappa shape index (κ3) is 3.81. The number of rotatable bonds is 3. The lowest BCUT2D eigenvalue weighted by molar-refractivity contribution is -0.140. The molecule has 2 heterocycles. The standard InChI is InChI=1S/C20H26N2O4S/c23-20(21-11-13-26-14-12-21)17-7-9-22(10-8-17)27(24,25)19-6-5-16-3-1-2-4-18(16)15-19/h1-4,15,17H,5-14H2. The van der Waals surface area contributed by atoms with Crippen molar-refractivity contribution in [3.05, 3.63) is 40.3 Å². The van der Waals surface area contributed by atoms with Crippen LogP contribution in [0.1, 0.15) is 30.4 Å². The number of benzene rings is 1. The normalized spacial score (nSPS) is 22.2. The van der Waals surface area contributed by atoms with E-state index in [2.05, 4.69) is 6.07 Å². The molecule has 6 nitrogen and oxygen atoms in total. The zero-order valence-corrected chi connectivity index (χ0v) is 16.3. The molecule has 0 unspecified atom stereocenters. The Morgan fingerprint density at radius 2 is 1.70 bits per heavy atom. The second-order valence-electron chi connectivity index (χ2n) is 7.43. The molecule has 0 saturated carbocycles. The fourth-order valence-electron chi connectivity index (χ4n) is 4.16. The molecular formula is C20H26N2O4S. The number of allylic oxidation sites excluding steroid dienone is 1. The van der Waals surface area contributed by atoms with E-state index in [1.54, 1.807) is 4.31 Å². The predicted molar refractivity (Wildman–Crippen MR) is 103 cm³/mol. The Labute approximate surface area is 160 Å². The number of carbonyl (C=O) groups is 1. The summed E-state index contributed by atoms with van der Waals surface area (Å²) < 4.78 is 33.0. The van der Waals surface area contributed by atoms with E-state index in [9.17, 15) is 13.2 Å². The Morgan fingerprint density at radius 1 is 1.00 bits per heavy atom. The molecular weight excluding hydrogens is 364 g/mol. The molecule has 2 aliphatic heterocycles. The summed E-state index contributed by atoms with van der Waals surface area (Å²) in [5.41, 5.74) is 2.20. The SMILES string of the molecule is O=C(C1CCN(S(=O)(=O)C2=Cc3ccccc3CC2)CC1)N1CCOCC1. The van der Waals surface area contributed by atoms with E-state index in [-0.39, 0.29) is 11.8 Å². The maximum absolute atomic E-state index is 13.1. The maximum Gasteiger partial charge on any atom is 0.239 e. The van der Waals surface area contributed by atoms with E-state index in [0.717, 1.165) is 12.0 Å². The molecule has 27 heavy (non-hydrogen) atoms. The van der Waals surface area contributed by atoms with Gasteiger partial charge in [0, 0.05) is 32.1 Å². The number of sulfonamides is 1. The molecule has 3 aliphatic rings. The van der Waals surface area contributed by atoms with Gasteiger partial charge in [-0.15, -0.1) is 0 Å². The molecule has 4 rings (SSSR count). The largest absolute Gasteiger partial charge is 0.378 e. The van der Waals surface area contributed by atoms with Crippen LogP contribution in [-0.4, -0.2) is 62.9 Å². The molecule has 1 aromatic carbocycles. The third-order valence-corrected chi connectivity index (χ3v) is 7.84. The second-order valence-corrected chi connectivity index (χ2v) is 9.42. The lowest BCUT2D eigenvalue weighted by Crippen LogP contribution is -2.47. The number of piperidine rings is 1. The predicted octanol–water partition coefficient (Wildman–Crippen LogP) is 1.87. The first-order valence-corrected chi connectivity index (χ1v) is 11.1. The molecule has 0 bridgehead atoms. The second kappa shape index (κ2) is 7.73. The van der Waals surface area contributed by atoms with Crippen molar-refractivity contribution in [3.8, 4) is 0 Å². The van der Waals surface area contributed by atoms with Gasteiger partial charge in [-0.05, 0) is 42.9 Å².